The van der Waals surface area contributed by atoms with Gasteiger partial charge in [-0.3, -0.25) is 4.79 Å². The molecule has 130 valence electrons. The molecule has 0 aliphatic carbocycles. The number of carbonyl (C=O) groups excluding carboxylic acids is 1. The van der Waals surface area contributed by atoms with Crippen molar-refractivity contribution in [2.24, 2.45) is 0 Å². The minimum Gasteiger partial charge on any atom is -0.494 e. The average molecular weight is 367 g/mol. The minimum atomic E-state index is 0.0992. The smallest absolute Gasteiger partial charge is 0.233 e. The van der Waals surface area contributed by atoms with Gasteiger partial charge in [-0.1, -0.05) is 11.8 Å². The van der Waals surface area contributed by atoms with Crippen molar-refractivity contribution in [1.82, 2.24) is 9.88 Å². The van der Waals surface area contributed by atoms with E-state index in [0.29, 0.717) is 25.4 Å². The number of morpholine rings is 1. The van der Waals surface area contributed by atoms with E-state index < -0.39 is 0 Å². The van der Waals surface area contributed by atoms with E-state index >= 15 is 0 Å². The molecule has 7 heteroatoms. The molecule has 0 saturated carbocycles. The molecule has 5 nitrogen and oxygen atoms in total. The summed E-state index contributed by atoms with van der Waals surface area (Å²) < 4.78 is 13.2. The lowest BCUT2D eigenvalue weighted by Gasteiger charge is -2.35. The molecule has 1 saturated heterocycles. The number of hydrogen-bond acceptors (Lipinski definition) is 6. The molecular formula is C17H22N2O3S2. The normalized spacial score (nSPS) is 21.2. The van der Waals surface area contributed by atoms with Crippen LogP contribution in [0.2, 0.25) is 0 Å². The minimum absolute atomic E-state index is 0.0992. The van der Waals surface area contributed by atoms with Crippen LogP contribution in [0.15, 0.2) is 22.5 Å². The van der Waals surface area contributed by atoms with Gasteiger partial charge in [0, 0.05) is 13.1 Å². The Kier molecular flexibility index (Phi) is 5.63. The van der Waals surface area contributed by atoms with Crippen LogP contribution in [-0.4, -0.2) is 53.4 Å². The maximum Gasteiger partial charge on any atom is 0.233 e. The van der Waals surface area contributed by atoms with E-state index in [9.17, 15) is 4.79 Å². The summed E-state index contributed by atoms with van der Waals surface area (Å²) in [7, 11) is 0. The molecule has 1 amide bonds. The first kappa shape index (κ1) is 17.5. The van der Waals surface area contributed by atoms with Crippen molar-refractivity contribution in [2.75, 3.05) is 25.4 Å². The molecule has 0 spiro atoms. The second-order valence-corrected chi connectivity index (χ2v) is 8.14. The number of benzene rings is 1. The zero-order valence-corrected chi connectivity index (χ0v) is 15.8. The van der Waals surface area contributed by atoms with E-state index in [2.05, 4.69) is 4.98 Å². The van der Waals surface area contributed by atoms with Crippen molar-refractivity contribution in [3.05, 3.63) is 18.2 Å². The van der Waals surface area contributed by atoms with Crippen LogP contribution in [0.1, 0.15) is 20.8 Å². The van der Waals surface area contributed by atoms with Gasteiger partial charge in [0.05, 0.1) is 34.8 Å². The summed E-state index contributed by atoms with van der Waals surface area (Å²) in [5, 5.41) is 0. The van der Waals surface area contributed by atoms with Gasteiger partial charge in [-0.25, -0.2) is 4.98 Å². The fraction of sp³-hybridized carbons (Fsp3) is 0.529. The number of hydrogen-bond donors (Lipinski definition) is 0. The fourth-order valence-corrected chi connectivity index (χ4v) is 4.80. The fourth-order valence-electron chi connectivity index (χ4n) is 2.80. The van der Waals surface area contributed by atoms with Gasteiger partial charge in [-0.2, -0.15) is 0 Å². The first-order valence-corrected chi connectivity index (χ1v) is 9.94. The first-order valence-electron chi connectivity index (χ1n) is 8.14. The number of carbonyl (C=O) groups is 1. The van der Waals surface area contributed by atoms with E-state index in [-0.39, 0.29) is 18.1 Å². The number of rotatable bonds is 5. The van der Waals surface area contributed by atoms with Gasteiger partial charge in [-0.15, -0.1) is 11.3 Å². The van der Waals surface area contributed by atoms with Crippen LogP contribution in [0, 0.1) is 0 Å². The Balaban J connectivity index is 1.61. The van der Waals surface area contributed by atoms with E-state index in [1.807, 2.05) is 43.9 Å². The molecule has 2 unspecified atom stereocenters. The quantitative estimate of drug-likeness (QED) is 0.759. The Morgan fingerprint density at radius 1 is 1.42 bits per heavy atom. The number of thioether (sulfide) groups is 1. The Hall–Kier alpha value is -1.31. The van der Waals surface area contributed by atoms with E-state index in [4.69, 9.17) is 9.47 Å². The average Bonchev–Trinajstić information content (AvgIpc) is 2.94. The van der Waals surface area contributed by atoms with Crippen molar-refractivity contribution in [3.8, 4) is 5.75 Å². The van der Waals surface area contributed by atoms with E-state index in [0.717, 1.165) is 20.3 Å². The topological polar surface area (TPSA) is 51.7 Å². The van der Waals surface area contributed by atoms with Gasteiger partial charge in [0.1, 0.15) is 5.75 Å². The van der Waals surface area contributed by atoms with Crippen LogP contribution in [0.3, 0.4) is 0 Å². The summed E-state index contributed by atoms with van der Waals surface area (Å²) in [6.45, 7) is 7.97. The number of nitrogens with zero attached hydrogens (tertiary/aromatic N) is 2. The maximum absolute atomic E-state index is 12.4. The van der Waals surface area contributed by atoms with E-state index in [1.165, 1.54) is 11.8 Å². The molecule has 1 fully saturated rings. The van der Waals surface area contributed by atoms with Crippen LogP contribution in [0.25, 0.3) is 10.2 Å². The predicted octanol–water partition coefficient (Wildman–Crippen LogP) is 3.42. The molecule has 3 rings (SSSR count). The highest BCUT2D eigenvalue weighted by atomic mass is 32.2. The lowest BCUT2D eigenvalue weighted by Crippen LogP contribution is -2.48. The van der Waals surface area contributed by atoms with Crippen LogP contribution in [0.5, 0.6) is 5.75 Å². The largest absolute Gasteiger partial charge is 0.494 e. The molecular weight excluding hydrogens is 344 g/mol. The van der Waals surface area contributed by atoms with Gasteiger partial charge in [0.2, 0.25) is 5.91 Å². The molecule has 1 aromatic carbocycles. The summed E-state index contributed by atoms with van der Waals surface area (Å²) in [5.74, 6) is 1.42. The maximum atomic E-state index is 12.4. The number of fused-ring (bicyclic) bond motifs is 1. The van der Waals surface area contributed by atoms with Crippen molar-refractivity contribution in [3.63, 3.8) is 0 Å². The van der Waals surface area contributed by atoms with Gasteiger partial charge < -0.3 is 14.4 Å². The van der Waals surface area contributed by atoms with Gasteiger partial charge in [0.25, 0.3) is 0 Å². The van der Waals surface area contributed by atoms with Crippen molar-refractivity contribution in [2.45, 2.75) is 37.3 Å². The van der Waals surface area contributed by atoms with Crippen molar-refractivity contribution < 1.29 is 14.3 Å². The molecule has 0 radical (unpaired) electrons. The molecule has 24 heavy (non-hydrogen) atoms. The monoisotopic (exact) mass is 366 g/mol. The highest BCUT2D eigenvalue weighted by molar-refractivity contribution is 8.01. The lowest BCUT2D eigenvalue weighted by molar-refractivity contribution is -0.140. The third-order valence-electron chi connectivity index (χ3n) is 3.74. The van der Waals surface area contributed by atoms with Crippen molar-refractivity contribution >= 4 is 39.2 Å². The van der Waals surface area contributed by atoms with Gasteiger partial charge in [0.15, 0.2) is 4.34 Å². The molecule has 2 atom stereocenters. The number of ether oxygens (including phenoxy) is 2. The number of thiazole rings is 1. The zero-order chi connectivity index (χ0) is 17.1. The molecule has 2 heterocycles. The summed E-state index contributed by atoms with van der Waals surface area (Å²) in [6, 6.07) is 5.91. The van der Waals surface area contributed by atoms with E-state index in [1.54, 1.807) is 11.3 Å². The summed E-state index contributed by atoms with van der Waals surface area (Å²) in [4.78, 5) is 18.9. The molecule has 2 aromatic rings. The molecule has 1 aliphatic rings. The third-order valence-corrected chi connectivity index (χ3v) is 5.89. The van der Waals surface area contributed by atoms with Crippen LogP contribution >= 0.6 is 23.1 Å². The number of amides is 1. The van der Waals surface area contributed by atoms with Crippen molar-refractivity contribution in [1.29, 1.82) is 0 Å². The van der Waals surface area contributed by atoms with Gasteiger partial charge >= 0.3 is 0 Å². The Bertz CT molecular complexity index is 709. The highest BCUT2D eigenvalue weighted by Gasteiger charge is 2.25. The Labute approximate surface area is 150 Å². The Morgan fingerprint density at radius 2 is 2.17 bits per heavy atom. The second kappa shape index (κ2) is 7.72. The SMILES string of the molecule is CCOc1ccc2nc(SCC(=O)N3CC(C)OC(C)C3)sc2c1. The van der Waals surface area contributed by atoms with Crippen LogP contribution in [-0.2, 0) is 9.53 Å². The molecule has 1 aromatic heterocycles. The second-order valence-electron chi connectivity index (χ2n) is 5.89. The highest BCUT2D eigenvalue weighted by Crippen LogP contribution is 2.32. The molecule has 1 aliphatic heterocycles. The molecule has 0 bridgehead atoms. The van der Waals surface area contributed by atoms with Gasteiger partial charge in [-0.05, 0) is 39.0 Å². The third kappa shape index (κ3) is 4.20. The molecule has 0 N–H and O–H groups in total. The standard InChI is InChI=1S/C17H22N2O3S2/c1-4-21-13-5-6-14-15(7-13)24-17(18-14)23-10-16(20)19-8-11(2)22-12(3)9-19/h5-7,11-12H,4,8-10H2,1-3H3. The first-order chi connectivity index (χ1) is 11.5. The summed E-state index contributed by atoms with van der Waals surface area (Å²) in [5.41, 5.74) is 0.951. The summed E-state index contributed by atoms with van der Waals surface area (Å²) in [6.07, 6.45) is 0.198. The zero-order valence-electron chi connectivity index (χ0n) is 14.2. The lowest BCUT2D eigenvalue weighted by atomic mass is 10.2. The predicted molar refractivity (Wildman–Crippen MR) is 98.1 cm³/mol. The number of aromatic nitrogens is 1. The van der Waals surface area contributed by atoms with Crippen LogP contribution < -0.4 is 4.74 Å². The summed E-state index contributed by atoms with van der Waals surface area (Å²) >= 11 is 3.11. The van der Waals surface area contributed by atoms with Crippen LogP contribution in [0.4, 0.5) is 0 Å². The Morgan fingerprint density at radius 3 is 2.88 bits per heavy atom.